The van der Waals surface area contributed by atoms with Gasteiger partial charge in [-0.25, -0.2) is 0 Å². The van der Waals surface area contributed by atoms with E-state index in [1.165, 1.54) is 0 Å². The predicted molar refractivity (Wildman–Crippen MR) is 82.1 cm³/mol. The first-order chi connectivity index (χ1) is 10.2. The molecule has 4 nitrogen and oxygen atoms in total. The Hall–Kier alpha value is -2.59. The normalized spacial score (nSPS) is 17.8. The van der Waals surface area contributed by atoms with Crippen LogP contribution in [0.3, 0.4) is 0 Å². The van der Waals surface area contributed by atoms with E-state index in [1.807, 2.05) is 61.5 Å². The van der Waals surface area contributed by atoms with Crippen LogP contribution in [0.5, 0.6) is 0 Å². The second-order valence-corrected chi connectivity index (χ2v) is 4.93. The summed E-state index contributed by atoms with van der Waals surface area (Å²) in [5.41, 5.74) is 3.58. The van der Waals surface area contributed by atoms with Crippen molar-refractivity contribution >= 4 is 17.7 Å². The minimum absolute atomic E-state index is 0.579. The Morgan fingerprint density at radius 1 is 1.05 bits per heavy atom. The number of hydrogen-bond donors (Lipinski definition) is 2. The molecule has 0 aliphatic carbocycles. The second kappa shape index (κ2) is 5.42. The maximum atomic E-state index is 10.4. The molecule has 21 heavy (non-hydrogen) atoms. The number of aryl methyl sites for hydroxylation is 1. The van der Waals surface area contributed by atoms with Crippen LogP contribution in [0.1, 0.15) is 16.7 Å². The summed E-state index contributed by atoms with van der Waals surface area (Å²) >= 11 is 0. The number of nitrogens with zero attached hydrogens (tertiary/aromatic N) is 1. The molecule has 0 bridgehead atoms. The fraction of sp³-hybridized carbons (Fsp3) is 0.118. The van der Waals surface area contributed by atoms with E-state index in [-0.39, 0.29) is 0 Å². The van der Waals surface area contributed by atoms with Gasteiger partial charge in [-0.1, -0.05) is 60.2 Å². The minimum atomic E-state index is -0.986. The SMILES string of the molecule is Cc1ccc(C2=C(c3ccccc3)ON(C=N)C2O)cc1. The van der Waals surface area contributed by atoms with Crippen molar-refractivity contribution in [2.24, 2.45) is 0 Å². The molecule has 1 aliphatic rings. The molecule has 0 fully saturated rings. The van der Waals surface area contributed by atoms with Gasteiger partial charge in [0, 0.05) is 5.56 Å². The van der Waals surface area contributed by atoms with Gasteiger partial charge in [0.15, 0.2) is 12.0 Å². The molecular weight excluding hydrogens is 264 g/mol. The van der Waals surface area contributed by atoms with Crippen molar-refractivity contribution < 1.29 is 9.94 Å². The van der Waals surface area contributed by atoms with Gasteiger partial charge in [-0.3, -0.25) is 5.41 Å². The van der Waals surface area contributed by atoms with E-state index in [0.29, 0.717) is 11.3 Å². The molecule has 0 saturated heterocycles. The van der Waals surface area contributed by atoms with Crippen LogP contribution in [0.4, 0.5) is 0 Å². The van der Waals surface area contributed by atoms with Gasteiger partial charge in [-0.2, -0.15) is 5.06 Å². The van der Waals surface area contributed by atoms with Crippen LogP contribution in [0.2, 0.25) is 0 Å². The van der Waals surface area contributed by atoms with E-state index in [9.17, 15) is 5.11 Å². The first-order valence-corrected chi connectivity index (χ1v) is 6.72. The Balaban J connectivity index is 2.13. The van der Waals surface area contributed by atoms with Crippen molar-refractivity contribution in [3.63, 3.8) is 0 Å². The van der Waals surface area contributed by atoms with Crippen LogP contribution in [0.15, 0.2) is 54.6 Å². The Morgan fingerprint density at radius 3 is 2.33 bits per heavy atom. The zero-order chi connectivity index (χ0) is 14.8. The molecule has 1 aliphatic heterocycles. The lowest BCUT2D eigenvalue weighted by atomic mass is 9.99. The lowest BCUT2D eigenvalue weighted by Gasteiger charge is -2.16. The molecule has 4 heteroatoms. The molecule has 0 amide bonds. The molecule has 1 unspecified atom stereocenters. The molecule has 0 aromatic heterocycles. The van der Waals surface area contributed by atoms with Crippen molar-refractivity contribution in [1.29, 1.82) is 5.41 Å². The van der Waals surface area contributed by atoms with Crippen LogP contribution in [0, 0.1) is 12.3 Å². The summed E-state index contributed by atoms with van der Waals surface area (Å²) in [6.07, 6.45) is -0.00478. The molecule has 2 aromatic rings. The molecule has 106 valence electrons. The molecule has 3 rings (SSSR count). The monoisotopic (exact) mass is 280 g/mol. The number of benzene rings is 2. The molecule has 0 spiro atoms. The third-order valence-corrected chi connectivity index (χ3v) is 3.47. The topological polar surface area (TPSA) is 56.5 Å². The largest absolute Gasteiger partial charge is 0.375 e. The average Bonchev–Trinajstić information content (AvgIpc) is 2.86. The van der Waals surface area contributed by atoms with Crippen LogP contribution in [-0.2, 0) is 4.84 Å². The molecule has 1 heterocycles. The van der Waals surface area contributed by atoms with Crippen molar-refractivity contribution in [1.82, 2.24) is 5.06 Å². The second-order valence-electron chi connectivity index (χ2n) is 4.93. The lowest BCUT2D eigenvalue weighted by molar-refractivity contribution is -0.0826. The Morgan fingerprint density at radius 2 is 1.71 bits per heavy atom. The molecule has 2 N–H and O–H groups in total. The van der Waals surface area contributed by atoms with Gasteiger partial charge < -0.3 is 9.94 Å². The van der Waals surface area contributed by atoms with Crippen molar-refractivity contribution in [2.45, 2.75) is 13.2 Å². The summed E-state index contributed by atoms with van der Waals surface area (Å²) in [5.74, 6) is 0.579. The highest BCUT2D eigenvalue weighted by Crippen LogP contribution is 2.37. The summed E-state index contributed by atoms with van der Waals surface area (Å²) in [6.45, 7) is 2.02. The Labute approximate surface area is 123 Å². The lowest BCUT2D eigenvalue weighted by Crippen LogP contribution is -2.28. The number of aliphatic hydroxyl groups is 1. The van der Waals surface area contributed by atoms with Crippen LogP contribution >= 0.6 is 0 Å². The number of hydroxylamine groups is 2. The molecule has 0 radical (unpaired) electrons. The highest BCUT2D eigenvalue weighted by Gasteiger charge is 2.33. The van der Waals surface area contributed by atoms with Gasteiger partial charge in [-0.15, -0.1) is 0 Å². The van der Waals surface area contributed by atoms with Gasteiger partial charge >= 0.3 is 0 Å². The highest BCUT2D eigenvalue weighted by molar-refractivity contribution is 5.92. The average molecular weight is 280 g/mol. The Kier molecular flexibility index (Phi) is 3.46. The number of rotatable bonds is 3. The van der Waals surface area contributed by atoms with Crippen molar-refractivity contribution in [3.05, 3.63) is 71.3 Å². The summed E-state index contributed by atoms with van der Waals surface area (Å²) in [7, 11) is 0. The zero-order valence-corrected chi connectivity index (χ0v) is 11.7. The summed E-state index contributed by atoms with van der Waals surface area (Å²) in [5, 5.41) is 18.9. The van der Waals surface area contributed by atoms with E-state index in [0.717, 1.165) is 28.1 Å². The van der Waals surface area contributed by atoms with E-state index < -0.39 is 6.23 Å². The smallest absolute Gasteiger partial charge is 0.193 e. The van der Waals surface area contributed by atoms with Gasteiger partial charge in [-0.05, 0) is 12.5 Å². The molecule has 1 atom stereocenters. The number of nitrogens with one attached hydrogen (secondary N) is 1. The van der Waals surface area contributed by atoms with Gasteiger partial charge in [0.2, 0.25) is 0 Å². The quantitative estimate of drug-likeness (QED) is 0.671. The van der Waals surface area contributed by atoms with Gasteiger partial charge in [0.1, 0.15) is 6.34 Å². The maximum Gasteiger partial charge on any atom is 0.193 e. The van der Waals surface area contributed by atoms with E-state index >= 15 is 0 Å². The van der Waals surface area contributed by atoms with Crippen LogP contribution < -0.4 is 0 Å². The highest BCUT2D eigenvalue weighted by atomic mass is 16.7. The van der Waals surface area contributed by atoms with Gasteiger partial charge in [0.05, 0.1) is 5.57 Å². The first kappa shape index (κ1) is 13.4. The fourth-order valence-electron chi connectivity index (χ4n) is 2.36. The third kappa shape index (κ3) is 2.41. The molecular formula is C17H16N2O2. The van der Waals surface area contributed by atoms with Crippen LogP contribution in [-0.4, -0.2) is 22.7 Å². The van der Waals surface area contributed by atoms with Crippen molar-refractivity contribution in [3.8, 4) is 0 Å². The standard InChI is InChI=1S/C17H16N2O2/c1-12-7-9-13(10-8-12)15-16(14-5-3-2-4-6-14)21-19(11-18)17(15)20/h2-11,17-18,20H,1H3. The minimum Gasteiger partial charge on any atom is -0.375 e. The van der Waals surface area contributed by atoms with Crippen LogP contribution in [0.25, 0.3) is 11.3 Å². The summed E-state index contributed by atoms with van der Waals surface area (Å²) in [6, 6.07) is 17.5. The Bertz CT molecular complexity index is 678. The van der Waals surface area contributed by atoms with E-state index in [4.69, 9.17) is 10.2 Å². The van der Waals surface area contributed by atoms with Gasteiger partial charge in [0.25, 0.3) is 0 Å². The fourth-order valence-corrected chi connectivity index (χ4v) is 2.36. The summed E-state index contributed by atoms with van der Waals surface area (Å²) < 4.78 is 0. The van der Waals surface area contributed by atoms with E-state index in [2.05, 4.69) is 0 Å². The predicted octanol–water partition coefficient (Wildman–Crippen LogP) is 3.04. The number of aliphatic hydroxyl groups excluding tert-OH is 1. The maximum absolute atomic E-state index is 10.4. The molecule has 0 saturated carbocycles. The third-order valence-electron chi connectivity index (χ3n) is 3.47. The number of hydrogen-bond acceptors (Lipinski definition) is 3. The van der Waals surface area contributed by atoms with E-state index in [1.54, 1.807) is 0 Å². The van der Waals surface area contributed by atoms with Crippen molar-refractivity contribution in [2.75, 3.05) is 0 Å². The summed E-state index contributed by atoms with van der Waals surface area (Å²) in [4.78, 5) is 5.63. The zero-order valence-electron chi connectivity index (χ0n) is 11.7. The molecule has 2 aromatic carbocycles. The first-order valence-electron chi connectivity index (χ1n) is 6.72.